The van der Waals surface area contributed by atoms with E-state index in [9.17, 15) is 9.59 Å². The Labute approximate surface area is 177 Å². The molecule has 0 bridgehead atoms. The van der Waals surface area contributed by atoms with E-state index in [4.69, 9.17) is 11.6 Å². The molecule has 0 saturated carbocycles. The molecule has 1 amide bonds. The summed E-state index contributed by atoms with van der Waals surface area (Å²) in [5.41, 5.74) is 3.53. The van der Waals surface area contributed by atoms with Crippen LogP contribution in [-0.2, 0) is 7.05 Å². The molecular weight excluding hydrogens is 402 g/mol. The highest BCUT2D eigenvalue weighted by atomic mass is 35.5. The molecule has 1 saturated heterocycles. The van der Waals surface area contributed by atoms with E-state index in [1.54, 1.807) is 34.5 Å². The minimum absolute atomic E-state index is 0.0272. The number of hydrogen-bond acceptors (Lipinski definition) is 4. The normalized spacial score (nSPS) is 14.6. The lowest BCUT2D eigenvalue weighted by Crippen LogP contribution is -2.48. The Morgan fingerprint density at radius 2 is 1.67 bits per heavy atom. The molecule has 0 unspecified atom stereocenters. The van der Waals surface area contributed by atoms with Crippen LogP contribution in [0.25, 0.3) is 16.6 Å². The second-order valence-corrected chi connectivity index (χ2v) is 7.89. The molecule has 1 aliphatic rings. The molecule has 4 aromatic rings. The van der Waals surface area contributed by atoms with Crippen LogP contribution in [-0.4, -0.2) is 51.2 Å². The first-order valence-electron chi connectivity index (χ1n) is 9.79. The van der Waals surface area contributed by atoms with Gasteiger partial charge in [-0.15, -0.1) is 0 Å². The van der Waals surface area contributed by atoms with E-state index >= 15 is 0 Å². The molecule has 8 heteroatoms. The maximum Gasteiger partial charge on any atom is 0.276 e. The predicted octanol–water partition coefficient (Wildman–Crippen LogP) is 2.80. The first-order chi connectivity index (χ1) is 14.5. The van der Waals surface area contributed by atoms with Crippen LogP contribution in [0.4, 0.5) is 5.69 Å². The van der Waals surface area contributed by atoms with Crippen molar-refractivity contribution in [2.24, 2.45) is 7.05 Å². The molecule has 2 aromatic heterocycles. The van der Waals surface area contributed by atoms with Gasteiger partial charge in [0.25, 0.3) is 11.5 Å². The zero-order chi connectivity index (χ0) is 20.8. The highest BCUT2D eigenvalue weighted by Crippen LogP contribution is 2.21. The second kappa shape index (κ2) is 7.18. The van der Waals surface area contributed by atoms with Gasteiger partial charge in [0.2, 0.25) is 0 Å². The first-order valence-corrected chi connectivity index (χ1v) is 10.2. The third-order valence-corrected chi connectivity index (χ3v) is 5.99. The Hall–Kier alpha value is -3.32. The molecule has 2 aromatic carbocycles. The average molecular weight is 422 g/mol. The number of piperazine rings is 1. The number of anilines is 1. The van der Waals surface area contributed by atoms with Crippen LogP contribution in [0.2, 0.25) is 5.02 Å². The minimum Gasteiger partial charge on any atom is -0.368 e. The summed E-state index contributed by atoms with van der Waals surface area (Å²) in [5.74, 6) is -0.0272. The Morgan fingerprint density at radius 3 is 2.40 bits per heavy atom. The molecule has 152 valence electrons. The maximum atomic E-state index is 13.1. The van der Waals surface area contributed by atoms with E-state index in [1.165, 1.54) is 0 Å². The van der Waals surface area contributed by atoms with Gasteiger partial charge in [0, 0.05) is 49.5 Å². The van der Waals surface area contributed by atoms with Gasteiger partial charge in [-0.1, -0.05) is 11.6 Å². The zero-order valence-electron chi connectivity index (χ0n) is 16.5. The van der Waals surface area contributed by atoms with Crippen LogP contribution in [0.15, 0.2) is 59.5 Å². The molecule has 30 heavy (non-hydrogen) atoms. The standard InChI is InChI=1S/C22H20ClN5O2/c1-25-20-14-15(2-7-18(20)28-19(22(25)30)8-9-24-28)21(29)27-12-10-26(11-13-27)17-5-3-16(23)4-6-17/h2-9,14H,10-13H2,1H3. The molecule has 1 aliphatic heterocycles. The number of rotatable bonds is 2. The van der Waals surface area contributed by atoms with Crippen molar-refractivity contribution in [3.8, 4) is 0 Å². The number of aryl methyl sites for hydroxylation is 1. The van der Waals surface area contributed by atoms with Gasteiger partial charge in [0.05, 0.1) is 17.2 Å². The molecule has 7 nitrogen and oxygen atoms in total. The summed E-state index contributed by atoms with van der Waals surface area (Å²) in [6.45, 7) is 2.79. The van der Waals surface area contributed by atoms with Crippen molar-refractivity contribution in [3.63, 3.8) is 0 Å². The number of carbonyl (C=O) groups is 1. The summed E-state index contributed by atoms with van der Waals surface area (Å²) in [4.78, 5) is 29.8. The molecule has 5 rings (SSSR count). The smallest absolute Gasteiger partial charge is 0.276 e. The van der Waals surface area contributed by atoms with Gasteiger partial charge in [-0.25, -0.2) is 4.52 Å². The van der Waals surface area contributed by atoms with E-state index in [0.29, 0.717) is 34.7 Å². The Kier molecular flexibility index (Phi) is 4.47. The molecule has 0 N–H and O–H groups in total. The van der Waals surface area contributed by atoms with Crippen LogP contribution in [0.1, 0.15) is 10.4 Å². The number of nitrogens with zero attached hydrogens (tertiary/aromatic N) is 5. The van der Waals surface area contributed by atoms with Gasteiger partial charge in [-0.3, -0.25) is 9.59 Å². The first kappa shape index (κ1) is 18.7. The third kappa shape index (κ3) is 3.02. The van der Waals surface area contributed by atoms with Gasteiger partial charge in [0.15, 0.2) is 0 Å². The quantitative estimate of drug-likeness (QED) is 0.499. The lowest BCUT2D eigenvalue weighted by Gasteiger charge is -2.36. The van der Waals surface area contributed by atoms with Crippen LogP contribution in [0, 0.1) is 0 Å². The Bertz CT molecular complexity index is 1320. The van der Waals surface area contributed by atoms with Crippen LogP contribution in [0.3, 0.4) is 0 Å². The number of halogens is 1. The SMILES string of the molecule is Cn1c(=O)c2ccnn2c2ccc(C(=O)N3CCN(c4ccc(Cl)cc4)CC3)cc21. The number of aromatic nitrogens is 3. The van der Waals surface area contributed by atoms with Crippen molar-refractivity contribution < 1.29 is 4.79 Å². The highest BCUT2D eigenvalue weighted by molar-refractivity contribution is 6.30. The van der Waals surface area contributed by atoms with Gasteiger partial charge < -0.3 is 14.4 Å². The van der Waals surface area contributed by atoms with E-state index in [1.807, 2.05) is 41.3 Å². The average Bonchev–Trinajstić information content (AvgIpc) is 3.27. The molecule has 0 aliphatic carbocycles. The topological polar surface area (TPSA) is 62.9 Å². The van der Waals surface area contributed by atoms with Gasteiger partial charge in [0.1, 0.15) is 5.52 Å². The van der Waals surface area contributed by atoms with Gasteiger partial charge in [-0.2, -0.15) is 5.10 Å². The minimum atomic E-state index is -0.138. The lowest BCUT2D eigenvalue weighted by molar-refractivity contribution is 0.0747. The number of hydrogen-bond donors (Lipinski definition) is 0. The molecule has 0 radical (unpaired) electrons. The number of amides is 1. The molecule has 0 spiro atoms. The predicted molar refractivity (Wildman–Crippen MR) is 118 cm³/mol. The van der Waals surface area contributed by atoms with Gasteiger partial charge in [-0.05, 0) is 48.5 Å². The summed E-state index contributed by atoms with van der Waals surface area (Å²) >= 11 is 5.97. The zero-order valence-corrected chi connectivity index (χ0v) is 17.2. The fraction of sp³-hybridized carbons (Fsp3) is 0.227. The van der Waals surface area contributed by atoms with E-state index < -0.39 is 0 Å². The molecular formula is C22H20ClN5O2. The molecule has 3 heterocycles. The fourth-order valence-corrected chi connectivity index (χ4v) is 4.17. The summed E-state index contributed by atoms with van der Waals surface area (Å²) in [6, 6.07) is 14.9. The molecule has 1 fully saturated rings. The summed E-state index contributed by atoms with van der Waals surface area (Å²) in [7, 11) is 1.72. The van der Waals surface area contributed by atoms with Crippen LogP contribution in [0.5, 0.6) is 0 Å². The Balaban J connectivity index is 1.40. The largest absolute Gasteiger partial charge is 0.368 e. The number of carbonyl (C=O) groups excluding carboxylic acids is 1. The number of benzene rings is 2. The van der Waals surface area contributed by atoms with Crippen molar-refractivity contribution in [2.45, 2.75) is 0 Å². The molecule has 0 atom stereocenters. The summed E-state index contributed by atoms with van der Waals surface area (Å²) < 4.78 is 3.19. The highest BCUT2D eigenvalue weighted by Gasteiger charge is 2.23. The van der Waals surface area contributed by atoms with Crippen molar-refractivity contribution in [2.75, 3.05) is 31.1 Å². The third-order valence-electron chi connectivity index (χ3n) is 5.74. The maximum absolute atomic E-state index is 13.1. The van der Waals surface area contributed by atoms with E-state index in [2.05, 4.69) is 10.00 Å². The lowest BCUT2D eigenvalue weighted by atomic mass is 10.1. The Morgan fingerprint density at radius 1 is 0.933 bits per heavy atom. The monoisotopic (exact) mass is 421 g/mol. The summed E-state index contributed by atoms with van der Waals surface area (Å²) in [5, 5.41) is 4.96. The number of fused-ring (bicyclic) bond motifs is 3. The van der Waals surface area contributed by atoms with E-state index in [0.717, 1.165) is 24.3 Å². The van der Waals surface area contributed by atoms with Crippen molar-refractivity contribution in [3.05, 3.63) is 75.7 Å². The van der Waals surface area contributed by atoms with E-state index in [-0.39, 0.29) is 11.5 Å². The fourth-order valence-electron chi connectivity index (χ4n) is 4.04. The second-order valence-electron chi connectivity index (χ2n) is 7.45. The van der Waals surface area contributed by atoms with Crippen molar-refractivity contribution >= 4 is 39.7 Å². The van der Waals surface area contributed by atoms with Gasteiger partial charge >= 0.3 is 0 Å². The van der Waals surface area contributed by atoms with Crippen molar-refractivity contribution in [1.82, 2.24) is 19.1 Å². The summed E-state index contributed by atoms with van der Waals surface area (Å²) in [6.07, 6.45) is 1.61. The van der Waals surface area contributed by atoms with Crippen LogP contribution >= 0.6 is 11.6 Å². The van der Waals surface area contributed by atoms with Crippen LogP contribution < -0.4 is 10.5 Å². The van der Waals surface area contributed by atoms with Crippen molar-refractivity contribution in [1.29, 1.82) is 0 Å².